The number of fused-ring (bicyclic) bond motifs is 1. The Bertz CT molecular complexity index is 1050. The molecule has 3 aromatic rings. The van der Waals surface area contributed by atoms with Gasteiger partial charge in [0.1, 0.15) is 6.33 Å². The topological polar surface area (TPSA) is 90.0 Å². The third kappa shape index (κ3) is 4.36. The Balaban J connectivity index is 1.36. The molecule has 3 heterocycles. The normalized spacial score (nSPS) is 14.2. The predicted octanol–water partition coefficient (Wildman–Crippen LogP) is 2.87. The predicted molar refractivity (Wildman–Crippen MR) is 110 cm³/mol. The smallest absolute Gasteiger partial charge is 0.220 e. The van der Waals surface area contributed by atoms with Crippen LogP contribution in [0.25, 0.3) is 11.5 Å². The summed E-state index contributed by atoms with van der Waals surface area (Å²) >= 11 is 0. The number of amides is 1. The minimum atomic E-state index is 0.0944. The van der Waals surface area contributed by atoms with Crippen LogP contribution in [0, 0.1) is 13.8 Å². The number of rotatable bonds is 7. The first-order chi connectivity index (χ1) is 14.1. The van der Waals surface area contributed by atoms with Crippen LogP contribution in [0.2, 0.25) is 0 Å². The number of aryl methyl sites for hydroxylation is 1. The van der Waals surface area contributed by atoms with Crippen molar-refractivity contribution >= 4 is 11.6 Å². The van der Waals surface area contributed by atoms with Crippen LogP contribution in [0.4, 0.5) is 0 Å². The fraction of sp³-hybridized carbons (Fsp3) is 0.476. The lowest BCUT2D eigenvalue weighted by Gasteiger charge is -2.13. The monoisotopic (exact) mass is 393 g/mol. The second-order valence-electron chi connectivity index (χ2n) is 7.59. The van der Waals surface area contributed by atoms with Gasteiger partial charge in [0.05, 0.1) is 5.69 Å². The molecule has 4 rings (SSSR count). The fourth-order valence-electron chi connectivity index (χ4n) is 3.91. The lowest BCUT2D eigenvalue weighted by molar-refractivity contribution is -0.121. The Morgan fingerprint density at radius 1 is 1.17 bits per heavy atom. The van der Waals surface area contributed by atoms with Gasteiger partial charge in [0.2, 0.25) is 5.91 Å². The van der Waals surface area contributed by atoms with E-state index in [-0.39, 0.29) is 5.91 Å². The number of aromatic nitrogens is 6. The van der Waals surface area contributed by atoms with E-state index in [2.05, 4.69) is 31.8 Å². The number of nitrogens with zero attached hydrogens (tertiary/aromatic N) is 6. The number of allylic oxidation sites excluding steroid dienone is 1. The van der Waals surface area contributed by atoms with E-state index in [1.165, 1.54) is 31.3 Å². The number of hydrogen-bond acceptors (Lipinski definition) is 5. The van der Waals surface area contributed by atoms with Gasteiger partial charge in [0.15, 0.2) is 11.5 Å². The first kappa shape index (κ1) is 19.3. The molecule has 3 aromatic heterocycles. The van der Waals surface area contributed by atoms with Gasteiger partial charge in [0.25, 0.3) is 0 Å². The molecule has 1 amide bonds. The lowest BCUT2D eigenvalue weighted by atomic mass is 9.97. The van der Waals surface area contributed by atoms with E-state index in [0.717, 1.165) is 29.9 Å². The molecular weight excluding hydrogens is 366 g/mol. The molecule has 1 aliphatic rings. The van der Waals surface area contributed by atoms with Crippen LogP contribution in [-0.4, -0.2) is 42.0 Å². The highest BCUT2D eigenvalue weighted by atomic mass is 16.1. The van der Waals surface area contributed by atoms with Crippen LogP contribution < -0.4 is 5.32 Å². The second-order valence-corrected chi connectivity index (χ2v) is 7.59. The molecule has 0 saturated heterocycles. The average Bonchev–Trinajstić information content (AvgIpc) is 3.31. The molecule has 0 atom stereocenters. The summed E-state index contributed by atoms with van der Waals surface area (Å²) in [5.74, 6) is 0.798. The van der Waals surface area contributed by atoms with Crippen molar-refractivity contribution in [3.05, 3.63) is 47.1 Å². The van der Waals surface area contributed by atoms with Crippen molar-refractivity contribution < 1.29 is 4.79 Å². The van der Waals surface area contributed by atoms with Gasteiger partial charge in [-0.2, -0.15) is 9.61 Å². The van der Waals surface area contributed by atoms with Crippen LogP contribution in [0.3, 0.4) is 0 Å². The number of carbonyl (C=O) groups excluding carboxylic acids is 1. The Labute approximate surface area is 170 Å². The van der Waals surface area contributed by atoms with E-state index in [0.29, 0.717) is 24.3 Å². The van der Waals surface area contributed by atoms with Crippen LogP contribution >= 0.6 is 0 Å². The molecule has 0 bridgehead atoms. The molecule has 0 saturated carbocycles. The molecule has 0 unspecified atom stereocenters. The van der Waals surface area contributed by atoms with Crippen molar-refractivity contribution in [2.75, 3.05) is 6.54 Å². The van der Waals surface area contributed by atoms with Gasteiger partial charge in [-0.25, -0.2) is 4.68 Å². The second kappa shape index (κ2) is 8.55. The molecule has 8 heteroatoms. The summed E-state index contributed by atoms with van der Waals surface area (Å²) in [6, 6.07) is 3.74. The molecule has 152 valence electrons. The highest BCUT2D eigenvalue weighted by Crippen LogP contribution is 2.20. The van der Waals surface area contributed by atoms with E-state index >= 15 is 0 Å². The van der Waals surface area contributed by atoms with Gasteiger partial charge < -0.3 is 5.32 Å². The molecule has 0 aromatic carbocycles. The molecule has 8 nitrogen and oxygen atoms in total. The van der Waals surface area contributed by atoms with Gasteiger partial charge in [-0.1, -0.05) is 11.6 Å². The maximum Gasteiger partial charge on any atom is 0.220 e. The zero-order chi connectivity index (χ0) is 20.2. The summed E-state index contributed by atoms with van der Waals surface area (Å²) in [6.45, 7) is 4.72. The summed E-state index contributed by atoms with van der Waals surface area (Å²) in [4.78, 5) is 12.3. The van der Waals surface area contributed by atoms with Crippen LogP contribution in [0.5, 0.6) is 0 Å². The van der Waals surface area contributed by atoms with Gasteiger partial charge in [-0.05, 0) is 70.1 Å². The van der Waals surface area contributed by atoms with Gasteiger partial charge in [-0.15, -0.1) is 15.3 Å². The van der Waals surface area contributed by atoms with Crippen molar-refractivity contribution in [3.8, 4) is 5.82 Å². The minimum Gasteiger partial charge on any atom is -0.356 e. The Hall–Kier alpha value is -3.03. The highest BCUT2D eigenvalue weighted by molar-refractivity contribution is 5.76. The molecule has 0 radical (unpaired) electrons. The van der Waals surface area contributed by atoms with Gasteiger partial charge in [0, 0.05) is 18.7 Å². The highest BCUT2D eigenvalue weighted by Gasteiger charge is 2.15. The Morgan fingerprint density at radius 3 is 2.90 bits per heavy atom. The van der Waals surface area contributed by atoms with Gasteiger partial charge in [-0.3, -0.25) is 4.79 Å². The van der Waals surface area contributed by atoms with E-state index in [1.54, 1.807) is 10.8 Å². The average molecular weight is 393 g/mol. The molecule has 0 aliphatic heterocycles. The number of hydrogen-bond donors (Lipinski definition) is 1. The Kier molecular flexibility index (Phi) is 5.69. The van der Waals surface area contributed by atoms with E-state index in [1.807, 2.05) is 30.7 Å². The van der Waals surface area contributed by atoms with Gasteiger partial charge >= 0.3 is 0 Å². The van der Waals surface area contributed by atoms with E-state index < -0.39 is 0 Å². The molecule has 0 spiro atoms. The molecule has 29 heavy (non-hydrogen) atoms. The number of nitrogens with one attached hydrogen (secondary N) is 1. The minimum absolute atomic E-state index is 0.0944. The van der Waals surface area contributed by atoms with Crippen LogP contribution in [0.15, 0.2) is 30.1 Å². The van der Waals surface area contributed by atoms with Crippen molar-refractivity contribution in [1.82, 2.24) is 34.9 Å². The maximum absolute atomic E-state index is 12.3. The SMILES string of the molecule is Cc1nn(-c2ccc3nncn3n2)c(C)c1CCC(=O)NCCC1=CCCCC1. The molecule has 1 N–H and O–H groups in total. The third-order valence-corrected chi connectivity index (χ3v) is 5.56. The molecule has 0 fully saturated rings. The summed E-state index contributed by atoms with van der Waals surface area (Å²) < 4.78 is 3.44. The summed E-state index contributed by atoms with van der Waals surface area (Å²) in [6.07, 6.45) is 10.9. The van der Waals surface area contributed by atoms with E-state index in [9.17, 15) is 4.79 Å². The van der Waals surface area contributed by atoms with Crippen LogP contribution in [0.1, 0.15) is 55.5 Å². The molecule has 1 aliphatic carbocycles. The quantitative estimate of drug-likeness (QED) is 0.624. The van der Waals surface area contributed by atoms with Crippen molar-refractivity contribution in [1.29, 1.82) is 0 Å². The summed E-state index contributed by atoms with van der Waals surface area (Å²) in [5, 5.41) is 20.0. The standard InChI is InChI=1S/C21H27N7O/c1-15-18(8-11-21(29)22-13-12-17-6-4-3-5-7-17)16(2)28(25-15)20-10-9-19-24-23-14-27(19)26-20/h6,9-10,14H,3-5,7-8,11-13H2,1-2H3,(H,22,29). The largest absolute Gasteiger partial charge is 0.356 e. The van der Waals surface area contributed by atoms with E-state index in [4.69, 9.17) is 0 Å². The first-order valence-corrected chi connectivity index (χ1v) is 10.3. The van der Waals surface area contributed by atoms with Crippen molar-refractivity contribution in [3.63, 3.8) is 0 Å². The number of carbonyl (C=O) groups is 1. The summed E-state index contributed by atoms with van der Waals surface area (Å²) in [5.41, 5.74) is 5.20. The zero-order valence-corrected chi connectivity index (χ0v) is 17.1. The fourth-order valence-corrected chi connectivity index (χ4v) is 3.91. The first-order valence-electron chi connectivity index (χ1n) is 10.3. The zero-order valence-electron chi connectivity index (χ0n) is 17.1. The summed E-state index contributed by atoms with van der Waals surface area (Å²) in [7, 11) is 0. The van der Waals surface area contributed by atoms with Crippen LogP contribution in [-0.2, 0) is 11.2 Å². The Morgan fingerprint density at radius 2 is 2.07 bits per heavy atom. The van der Waals surface area contributed by atoms with Crippen molar-refractivity contribution in [2.45, 2.75) is 58.8 Å². The lowest BCUT2D eigenvalue weighted by Crippen LogP contribution is -2.25. The maximum atomic E-state index is 12.3. The molecular formula is C21H27N7O. The third-order valence-electron chi connectivity index (χ3n) is 5.56. The van der Waals surface area contributed by atoms with Crippen molar-refractivity contribution in [2.24, 2.45) is 0 Å².